The zero-order valence-electron chi connectivity index (χ0n) is 19.2. The fourth-order valence-corrected chi connectivity index (χ4v) is 5.43. The molecule has 2 amide bonds. The summed E-state index contributed by atoms with van der Waals surface area (Å²) < 4.78 is 40.1. The minimum absolute atomic E-state index is 0.266. The van der Waals surface area contributed by atoms with Crippen molar-refractivity contribution in [2.24, 2.45) is 11.3 Å². The molecule has 1 aliphatic rings. The molecule has 12 heteroatoms. The maximum atomic E-state index is 13.7. The predicted molar refractivity (Wildman–Crippen MR) is 121 cm³/mol. The molecule has 1 saturated heterocycles. The molecule has 1 fully saturated rings. The van der Waals surface area contributed by atoms with Crippen LogP contribution in [-0.2, 0) is 24.2 Å². The summed E-state index contributed by atoms with van der Waals surface area (Å²) in [6.07, 6.45) is -1.09. The number of Topliss-reactive ketones (excluding diaryl/α,β-unsaturated/α-hetero) is 1. The summed E-state index contributed by atoms with van der Waals surface area (Å²) >= 11 is 0. The van der Waals surface area contributed by atoms with Gasteiger partial charge in [0.25, 0.3) is 5.91 Å². The van der Waals surface area contributed by atoms with E-state index in [0.717, 1.165) is 12.1 Å². The van der Waals surface area contributed by atoms with Crippen molar-refractivity contribution in [2.75, 3.05) is 26.2 Å². The lowest BCUT2D eigenvalue weighted by atomic mass is 9.87. The van der Waals surface area contributed by atoms with Crippen molar-refractivity contribution >= 4 is 27.4 Å². The smallest absolute Gasteiger partial charge is 0.288 e. The van der Waals surface area contributed by atoms with E-state index in [0.29, 0.717) is 25.9 Å². The Morgan fingerprint density at radius 3 is 2.47 bits per heavy atom. The molecular weight excluding hydrogens is 469 g/mol. The van der Waals surface area contributed by atoms with Crippen LogP contribution >= 0.6 is 0 Å². The highest BCUT2D eigenvalue weighted by molar-refractivity contribution is 7.92. The Balaban J connectivity index is 2.07. The van der Waals surface area contributed by atoms with Gasteiger partial charge in [0, 0.05) is 18.4 Å². The van der Waals surface area contributed by atoms with Crippen LogP contribution in [0.2, 0.25) is 0 Å². The van der Waals surface area contributed by atoms with Crippen molar-refractivity contribution in [2.45, 2.75) is 49.5 Å². The zero-order valence-corrected chi connectivity index (χ0v) is 20.0. The normalized spacial score (nSPS) is 17.0. The summed E-state index contributed by atoms with van der Waals surface area (Å²) in [6, 6.07) is 4.46. The SMILES string of the molecule is CC(C)(CO)[C@@H](O)C(=O)NCCC(=O)C(=O)NC(C1CCNCC1)S(=O)(=O)c1cccc(F)c1. The third-order valence-electron chi connectivity index (χ3n) is 5.84. The number of sulfone groups is 1. The first kappa shape index (κ1) is 27.8. The summed E-state index contributed by atoms with van der Waals surface area (Å²) in [6.45, 7) is 3.31. The molecule has 0 bridgehead atoms. The van der Waals surface area contributed by atoms with Gasteiger partial charge in [0.1, 0.15) is 17.3 Å². The Morgan fingerprint density at radius 1 is 1.24 bits per heavy atom. The molecular formula is C22H32FN3O7S. The van der Waals surface area contributed by atoms with E-state index in [-0.39, 0.29) is 11.4 Å². The molecule has 2 atom stereocenters. The summed E-state index contributed by atoms with van der Waals surface area (Å²) in [5.41, 5.74) is -1.10. The number of ketones is 1. The standard InChI is InChI=1S/C22H32FN3O7S/c1-22(2,13-27)18(29)20(31)25-11-8-17(28)19(30)26-21(14-6-9-24-10-7-14)34(32,33)16-5-3-4-15(23)12-16/h3-5,12,14,18,21,24,27,29H,6-11,13H2,1-2H3,(H,25,31)(H,26,30)/t18-,21?/m0/s1. The van der Waals surface area contributed by atoms with Crippen LogP contribution in [-0.4, -0.2) is 73.9 Å². The number of piperidine rings is 1. The van der Waals surface area contributed by atoms with Gasteiger partial charge in [-0.25, -0.2) is 12.8 Å². The Morgan fingerprint density at radius 2 is 1.88 bits per heavy atom. The highest BCUT2D eigenvalue weighted by Gasteiger charge is 2.38. The molecule has 1 heterocycles. The lowest BCUT2D eigenvalue weighted by Crippen LogP contribution is -2.51. The molecule has 1 aromatic rings. The molecule has 0 radical (unpaired) electrons. The monoisotopic (exact) mass is 501 g/mol. The van der Waals surface area contributed by atoms with Gasteiger partial charge in [0.05, 0.1) is 11.5 Å². The van der Waals surface area contributed by atoms with Crippen molar-refractivity contribution in [3.8, 4) is 0 Å². The van der Waals surface area contributed by atoms with E-state index in [2.05, 4.69) is 16.0 Å². The van der Waals surface area contributed by atoms with Gasteiger partial charge in [-0.1, -0.05) is 19.9 Å². The van der Waals surface area contributed by atoms with Crippen molar-refractivity contribution in [3.63, 3.8) is 0 Å². The maximum Gasteiger partial charge on any atom is 0.288 e. The van der Waals surface area contributed by atoms with Gasteiger partial charge < -0.3 is 26.2 Å². The average molecular weight is 502 g/mol. The molecule has 1 aliphatic heterocycles. The van der Waals surface area contributed by atoms with E-state index < -0.39 is 69.1 Å². The number of carbonyl (C=O) groups is 3. The third kappa shape index (κ3) is 7.05. The number of hydrogen-bond donors (Lipinski definition) is 5. The Hall–Kier alpha value is -2.41. The second-order valence-corrected chi connectivity index (χ2v) is 11.1. The lowest BCUT2D eigenvalue weighted by Gasteiger charge is -2.31. The number of aliphatic hydroxyl groups is 2. The fraction of sp³-hybridized carbons (Fsp3) is 0.591. The summed E-state index contributed by atoms with van der Waals surface area (Å²) in [5.74, 6) is -4.12. The summed E-state index contributed by atoms with van der Waals surface area (Å²) in [4.78, 5) is 36.6. The van der Waals surface area contributed by atoms with E-state index in [1.54, 1.807) is 0 Å². The van der Waals surface area contributed by atoms with E-state index in [4.69, 9.17) is 0 Å². The number of amides is 2. The van der Waals surface area contributed by atoms with Gasteiger partial charge in [0.2, 0.25) is 11.7 Å². The van der Waals surface area contributed by atoms with Crippen LogP contribution < -0.4 is 16.0 Å². The second kappa shape index (κ2) is 11.8. The fourth-order valence-electron chi connectivity index (χ4n) is 3.55. The highest BCUT2D eigenvalue weighted by atomic mass is 32.2. The second-order valence-electron chi connectivity index (χ2n) is 9.00. The molecule has 0 spiro atoms. The minimum Gasteiger partial charge on any atom is -0.396 e. The molecule has 2 rings (SSSR count). The zero-order chi connectivity index (χ0) is 25.5. The van der Waals surface area contributed by atoms with Crippen molar-refractivity contribution in [3.05, 3.63) is 30.1 Å². The molecule has 1 aromatic carbocycles. The number of nitrogens with one attached hydrogen (secondary N) is 3. The maximum absolute atomic E-state index is 13.7. The molecule has 5 N–H and O–H groups in total. The number of hydrogen-bond acceptors (Lipinski definition) is 8. The van der Waals surface area contributed by atoms with Crippen LogP contribution in [0.3, 0.4) is 0 Å². The van der Waals surface area contributed by atoms with E-state index in [1.165, 1.54) is 26.0 Å². The van der Waals surface area contributed by atoms with Crippen LogP contribution in [0.1, 0.15) is 33.1 Å². The van der Waals surface area contributed by atoms with E-state index >= 15 is 0 Å². The van der Waals surface area contributed by atoms with Gasteiger partial charge in [-0.2, -0.15) is 0 Å². The quantitative estimate of drug-likeness (QED) is 0.253. The van der Waals surface area contributed by atoms with Gasteiger partial charge in [-0.05, 0) is 50.0 Å². The van der Waals surface area contributed by atoms with E-state index in [1.807, 2.05) is 0 Å². The van der Waals surface area contributed by atoms with Crippen LogP contribution in [0.15, 0.2) is 29.2 Å². The van der Waals surface area contributed by atoms with Crippen molar-refractivity contribution in [1.82, 2.24) is 16.0 Å². The van der Waals surface area contributed by atoms with Gasteiger partial charge in [0.15, 0.2) is 9.84 Å². The van der Waals surface area contributed by atoms with Crippen molar-refractivity contribution in [1.29, 1.82) is 0 Å². The first-order valence-electron chi connectivity index (χ1n) is 11.0. The number of aliphatic hydroxyl groups excluding tert-OH is 2. The molecule has 10 nitrogen and oxygen atoms in total. The van der Waals surface area contributed by atoms with E-state index in [9.17, 15) is 37.4 Å². The van der Waals surface area contributed by atoms with Crippen LogP contribution in [0.4, 0.5) is 4.39 Å². The minimum atomic E-state index is -4.19. The van der Waals surface area contributed by atoms with Gasteiger partial charge in [-0.3, -0.25) is 14.4 Å². The third-order valence-corrected chi connectivity index (χ3v) is 7.93. The number of benzene rings is 1. The molecule has 34 heavy (non-hydrogen) atoms. The highest BCUT2D eigenvalue weighted by Crippen LogP contribution is 2.26. The van der Waals surface area contributed by atoms with Crippen LogP contribution in [0, 0.1) is 17.2 Å². The number of carbonyl (C=O) groups excluding carboxylic acids is 3. The lowest BCUT2D eigenvalue weighted by molar-refractivity contribution is -0.139. The Labute approximate surface area is 198 Å². The summed E-state index contributed by atoms with van der Waals surface area (Å²) in [7, 11) is -4.19. The molecule has 0 aliphatic carbocycles. The largest absolute Gasteiger partial charge is 0.396 e. The van der Waals surface area contributed by atoms with Crippen LogP contribution in [0.5, 0.6) is 0 Å². The molecule has 0 saturated carbocycles. The summed E-state index contributed by atoms with van der Waals surface area (Å²) in [5, 5.41) is 25.5. The van der Waals surface area contributed by atoms with Crippen molar-refractivity contribution < 1.29 is 37.4 Å². The van der Waals surface area contributed by atoms with Gasteiger partial charge in [-0.15, -0.1) is 0 Å². The number of halogens is 1. The first-order valence-corrected chi connectivity index (χ1v) is 12.6. The molecule has 1 unspecified atom stereocenters. The first-order chi connectivity index (χ1) is 15.9. The van der Waals surface area contributed by atoms with Crippen LogP contribution in [0.25, 0.3) is 0 Å². The predicted octanol–water partition coefficient (Wildman–Crippen LogP) is -0.504. The Kier molecular flexibility index (Phi) is 9.68. The number of rotatable bonds is 11. The topological polar surface area (TPSA) is 162 Å². The Bertz CT molecular complexity index is 994. The molecule has 0 aromatic heterocycles. The average Bonchev–Trinajstić information content (AvgIpc) is 2.82. The molecule has 190 valence electrons. The van der Waals surface area contributed by atoms with Gasteiger partial charge >= 0.3 is 0 Å².